The summed E-state index contributed by atoms with van der Waals surface area (Å²) in [5, 5.41) is 10.1. The highest BCUT2D eigenvalue weighted by atomic mass is 19.2. The van der Waals surface area contributed by atoms with Crippen LogP contribution in [0.4, 0.5) is 8.78 Å². The molecule has 0 aliphatic rings. The van der Waals surface area contributed by atoms with Crippen LogP contribution >= 0.6 is 0 Å². The first-order valence-electron chi connectivity index (χ1n) is 6.03. The highest BCUT2D eigenvalue weighted by Gasteiger charge is 2.12. The predicted octanol–water partition coefficient (Wildman–Crippen LogP) is 2.40. The summed E-state index contributed by atoms with van der Waals surface area (Å²) in [6, 6.07) is 2.92. The molecule has 1 aromatic heterocycles. The molecule has 2 aromatic rings. The van der Waals surface area contributed by atoms with Crippen LogP contribution in [0.15, 0.2) is 22.6 Å². The Hall–Kier alpha value is -2.31. The summed E-state index contributed by atoms with van der Waals surface area (Å²) in [4.78, 5) is 11.7. The third kappa shape index (κ3) is 3.17. The predicted molar refractivity (Wildman–Crippen MR) is 65.9 cm³/mol. The van der Waals surface area contributed by atoms with Crippen LogP contribution in [0.5, 0.6) is 0 Å². The van der Waals surface area contributed by atoms with E-state index in [-0.39, 0.29) is 23.9 Å². The fraction of sp³-hybridized carbons (Fsp3) is 0.308. The van der Waals surface area contributed by atoms with E-state index >= 15 is 0 Å². The number of hydrogen-bond donors (Lipinski definition) is 1. The quantitative estimate of drug-likeness (QED) is 0.934. The van der Waals surface area contributed by atoms with Gasteiger partial charge in [-0.1, -0.05) is 13.8 Å². The van der Waals surface area contributed by atoms with Crippen molar-refractivity contribution in [3.63, 3.8) is 0 Å². The van der Waals surface area contributed by atoms with Crippen LogP contribution in [-0.4, -0.2) is 16.1 Å². The van der Waals surface area contributed by atoms with Crippen molar-refractivity contribution >= 4 is 5.91 Å². The van der Waals surface area contributed by atoms with Crippen molar-refractivity contribution in [3.05, 3.63) is 47.2 Å². The van der Waals surface area contributed by atoms with Gasteiger partial charge in [-0.15, -0.1) is 10.2 Å². The van der Waals surface area contributed by atoms with Crippen LogP contribution in [0, 0.1) is 11.6 Å². The Morgan fingerprint density at radius 2 is 2.05 bits per heavy atom. The van der Waals surface area contributed by atoms with Gasteiger partial charge in [-0.2, -0.15) is 0 Å². The van der Waals surface area contributed by atoms with Gasteiger partial charge in [0.2, 0.25) is 11.8 Å². The Morgan fingerprint density at radius 3 is 2.65 bits per heavy atom. The first-order valence-corrected chi connectivity index (χ1v) is 6.03. The van der Waals surface area contributed by atoms with Crippen molar-refractivity contribution in [2.24, 2.45) is 0 Å². The van der Waals surface area contributed by atoms with E-state index in [9.17, 15) is 13.6 Å². The Bertz CT molecular complexity index is 626. The molecule has 106 valence electrons. The number of nitrogens with one attached hydrogen (secondary N) is 1. The van der Waals surface area contributed by atoms with Gasteiger partial charge in [-0.05, 0) is 18.2 Å². The van der Waals surface area contributed by atoms with E-state index in [2.05, 4.69) is 15.5 Å². The summed E-state index contributed by atoms with van der Waals surface area (Å²) in [7, 11) is 0. The maximum absolute atomic E-state index is 13.0. The Balaban J connectivity index is 1.99. The zero-order chi connectivity index (χ0) is 14.7. The summed E-state index contributed by atoms with van der Waals surface area (Å²) in [6.45, 7) is 3.83. The fourth-order valence-corrected chi connectivity index (χ4v) is 1.47. The summed E-state index contributed by atoms with van der Waals surface area (Å²) < 4.78 is 31.1. The highest BCUT2D eigenvalue weighted by molar-refractivity contribution is 5.94. The van der Waals surface area contributed by atoms with Crippen LogP contribution in [0.2, 0.25) is 0 Å². The van der Waals surface area contributed by atoms with Gasteiger partial charge in [0.15, 0.2) is 11.6 Å². The average Bonchev–Trinajstić information content (AvgIpc) is 2.88. The van der Waals surface area contributed by atoms with E-state index in [4.69, 9.17) is 4.42 Å². The number of carbonyl (C=O) groups is 1. The van der Waals surface area contributed by atoms with Crippen LogP contribution in [-0.2, 0) is 6.54 Å². The van der Waals surface area contributed by atoms with Gasteiger partial charge in [-0.25, -0.2) is 8.78 Å². The minimum Gasteiger partial charge on any atom is -0.423 e. The molecule has 0 bridgehead atoms. The van der Waals surface area contributed by atoms with Crippen LogP contribution in [0.25, 0.3) is 0 Å². The van der Waals surface area contributed by atoms with Crippen LogP contribution in [0.3, 0.4) is 0 Å². The maximum Gasteiger partial charge on any atom is 0.251 e. The van der Waals surface area contributed by atoms with Crippen molar-refractivity contribution in [2.45, 2.75) is 26.3 Å². The normalized spacial score (nSPS) is 10.8. The number of rotatable bonds is 4. The number of aromatic nitrogens is 2. The molecule has 5 nitrogen and oxygen atoms in total. The second-order valence-electron chi connectivity index (χ2n) is 4.50. The molecule has 2 rings (SSSR count). The molecule has 7 heteroatoms. The second kappa shape index (κ2) is 5.77. The fourth-order valence-electron chi connectivity index (χ4n) is 1.47. The van der Waals surface area contributed by atoms with Crippen molar-refractivity contribution in [1.82, 2.24) is 15.5 Å². The molecule has 0 saturated carbocycles. The lowest BCUT2D eigenvalue weighted by Crippen LogP contribution is -2.23. The molecule has 1 aromatic carbocycles. The Kier molecular flexibility index (Phi) is 4.07. The van der Waals surface area contributed by atoms with Crippen LogP contribution in [0.1, 0.15) is 41.9 Å². The molecular weight excluding hydrogens is 268 g/mol. The maximum atomic E-state index is 13.0. The summed E-state index contributed by atoms with van der Waals surface area (Å²) >= 11 is 0. The molecule has 0 aliphatic carbocycles. The molecule has 1 amide bonds. The standard InChI is InChI=1S/C13H13F2N3O2/c1-7(2)13-18-17-11(20-13)6-16-12(19)8-3-4-9(14)10(15)5-8/h3-5,7H,6H2,1-2H3,(H,16,19). The summed E-state index contributed by atoms with van der Waals surface area (Å²) in [5.74, 6) is -1.80. The first kappa shape index (κ1) is 14.1. The van der Waals surface area contributed by atoms with Gasteiger partial charge in [0.25, 0.3) is 5.91 Å². The lowest BCUT2D eigenvalue weighted by Gasteiger charge is -2.03. The lowest BCUT2D eigenvalue weighted by molar-refractivity contribution is 0.0946. The van der Waals surface area contributed by atoms with E-state index < -0.39 is 17.5 Å². The van der Waals surface area contributed by atoms with Crippen molar-refractivity contribution in [1.29, 1.82) is 0 Å². The number of amides is 1. The van der Waals surface area contributed by atoms with E-state index in [1.54, 1.807) is 0 Å². The third-order valence-corrected chi connectivity index (χ3v) is 2.56. The van der Waals surface area contributed by atoms with Gasteiger partial charge in [-0.3, -0.25) is 4.79 Å². The monoisotopic (exact) mass is 281 g/mol. The summed E-state index contributed by atoms with van der Waals surface area (Å²) in [6.07, 6.45) is 0. The van der Waals surface area contributed by atoms with Gasteiger partial charge in [0.1, 0.15) is 0 Å². The molecule has 0 saturated heterocycles. The molecule has 20 heavy (non-hydrogen) atoms. The van der Waals surface area contributed by atoms with Gasteiger partial charge in [0.05, 0.1) is 6.54 Å². The highest BCUT2D eigenvalue weighted by Crippen LogP contribution is 2.12. The number of halogens is 2. The van der Waals surface area contributed by atoms with Gasteiger partial charge < -0.3 is 9.73 Å². The van der Waals surface area contributed by atoms with E-state index in [1.807, 2.05) is 13.8 Å². The molecule has 0 aliphatic heterocycles. The second-order valence-corrected chi connectivity index (χ2v) is 4.50. The van der Waals surface area contributed by atoms with Crippen molar-refractivity contribution in [2.75, 3.05) is 0 Å². The zero-order valence-corrected chi connectivity index (χ0v) is 11.0. The van der Waals surface area contributed by atoms with E-state index in [1.165, 1.54) is 6.07 Å². The molecule has 0 fully saturated rings. The van der Waals surface area contributed by atoms with E-state index in [0.717, 1.165) is 12.1 Å². The molecule has 1 heterocycles. The topological polar surface area (TPSA) is 68.0 Å². The summed E-state index contributed by atoms with van der Waals surface area (Å²) in [5.41, 5.74) is 0.0208. The van der Waals surface area contributed by atoms with Crippen molar-refractivity contribution in [3.8, 4) is 0 Å². The molecule has 1 N–H and O–H groups in total. The molecule has 0 spiro atoms. The minimum atomic E-state index is -1.07. The van der Waals surface area contributed by atoms with E-state index in [0.29, 0.717) is 5.89 Å². The lowest BCUT2D eigenvalue weighted by atomic mass is 10.2. The SMILES string of the molecule is CC(C)c1nnc(CNC(=O)c2ccc(F)c(F)c2)o1. The minimum absolute atomic E-state index is 0.0208. The Labute approximate surface area is 114 Å². The Morgan fingerprint density at radius 1 is 1.30 bits per heavy atom. The largest absolute Gasteiger partial charge is 0.423 e. The third-order valence-electron chi connectivity index (χ3n) is 2.56. The average molecular weight is 281 g/mol. The number of hydrogen-bond acceptors (Lipinski definition) is 4. The van der Waals surface area contributed by atoms with Gasteiger partial charge in [0, 0.05) is 11.5 Å². The zero-order valence-electron chi connectivity index (χ0n) is 11.0. The number of carbonyl (C=O) groups excluding carboxylic acids is 1. The molecule has 0 radical (unpaired) electrons. The van der Waals surface area contributed by atoms with Crippen molar-refractivity contribution < 1.29 is 18.0 Å². The molecular formula is C13H13F2N3O2. The smallest absolute Gasteiger partial charge is 0.251 e. The number of nitrogens with zero attached hydrogens (tertiary/aromatic N) is 2. The number of benzene rings is 1. The van der Waals surface area contributed by atoms with Gasteiger partial charge >= 0.3 is 0 Å². The van der Waals surface area contributed by atoms with Crippen LogP contribution < -0.4 is 5.32 Å². The molecule has 0 atom stereocenters. The molecule has 0 unspecified atom stereocenters. The first-order chi connectivity index (χ1) is 9.47.